The largest absolute Gasteiger partial charge is 0.471 e. The molecule has 1 saturated heterocycles. The number of carbonyl (C=O) groups excluding carboxylic acids is 1. The van der Waals surface area contributed by atoms with Gasteiger partial charge in [-0.3, -0.25) is 9.36 Å². The minimum Gasteiger partial charge on any atom is -0.414 e. The summed E-state index contributed by atoms with van der Waals surface area (Å²) in [6, 6.07) is 20.4. The Morgan fingerprint density at radius 2 is 1.49 bits per heavy atom. The minimum absolute atomic E-state index is 0.0615. The molecule has 0 unspecified atom stereocenters. The van der Waals surface area contributed by atoms with E-state index in [0.717, 1.165) is 10.4 Å². The number of hydrogen-bond donors (Lipinski definition) is 1. The molecule has 8 nitrogen and oxygen atoms in total. The quantitative estimate of drug-likeness (QED) is 0.265. The van der Waals surface area contributed by atoms with Crippen molar-refractivity contribution >= 4 is 38.7 Å². The third-order valence-electron chi connectivity index (χ3n) is 9.27. The van der Waals surface area contributed by atoms with E-state index in [2.05, 4.69) is 83.9 Å². The number of aryl methyl sites for hydroxylation is 1. The van der Waals surface area contributed by atoms with E-state index < -0.39 is 58.7 Å². The SMILES string of the molecule is Cc1cn([C@H]2C[C@H](O[Si](c3ccccc3)(c3ccccc3)C(C)(C)C)[C@@H](CO[Si](C)(C)C(C)(C)C)O2)c(=O)nc1NC(=O)C(F)(F)F. The number of aromatic nitrogens is 2. The molecule has 256 valence electrons. The average molecular weight is 690 g/mol. The van der Waals surface area contributed by atoms with Crippen LogP contribution in [-0.2, 0) is 18.4 Å². The summed E-state index contributed by atoms with van der Waals surface area (Å²) in [7, 11) is -5.27. The van der Waals surface area contributed by atoms with Crippen LogP contribution in [0.25, 0.3) is 0 Å². The summed E-state index contributed by atoms with van der Waals surface area (Å²) in [5, 5.41) is 3.49. The average Bonchev–Trinajstić information content (AvgIpc) is 3.37. The number of nitrogens with zero attached hydrogens (tertiary/aromatic N) is 2. The smallest absolute Gasteiger partial charge is 0.414 e. The van der Waals surface area contributed by atoms with Gasteiger partial charge in [0.1, 0.15) is 18.1 Å². The standard InChI is InChI=1S/C34H46F3N3O5Si2/c1-23-21-40(31(42)39-29(23)38-30(41)34(35,36)37)28-20-26(27(44-28)22-43-46(8,9)32(2,3)4)45-47(33(5,6)7,24-16-12-10-13-17-24)25-18-14-11-15-19-25/h10-19,21,26-28H,20,22H2,1-9H3,(H,38,39,41,42)/t26-,27+,28+/m0/s1. The van der Waals surface area contributed by atoms with Gasteiger partial charge in [0.15, 0.2) is 8.32 Å². The Morgan fingerprint density at radius 3 is 1.96 bits per heavy atom. The molecular weight excluding hydrogens is 644 g/mol. The van der Waals surface area contributed by atoms with Crippen molar-refractivity contribution in [1.29, 1.82) is 0 Å². The number of carbonyl (C=O) groups is 1. The van der Waals surface area contributed by atoms with Crippen molar-refractivity contribution in [1.82, 2.24) is 9.55 Å². The van der Waals surface area contributed by atoms with E-state index in [1.165, 1.54) is 17.7 Å². The molecule has 1 N–H and O–H groups in total. The highest BCUT2D eigenvalue weighted by atomic mass is 28.4. The first kappa shape index (κ1) is 36.7. The first-order valence-electron chi connectivity index (χ1n) is 15.7. The van der Waals surface area contributed by atoms with E-state index in [9.17, 15) is 22.8 Å². The van der Waals surface area contributed by atoms with Crippen LogP contribution in [0.3, 0.4) is 0 Å². The molecule has 3 atom stereocenters. The Morgan fingerprint density at radius 1 is 0.957 bits per heavy atom. The topological polar surface area (TPSA) is 91.7 Å². The Balaban J connectivity index is 1.78. The van der Waals surface area contributed by atoms with Crippen molar-refractivity contribution in [2.45, 2.75) is 103 Å². The van der Waals surface area contributed by atoms with E-state index in [4.69, 9.17) is 13.6 Å². The highest BCUT2D eigenvalue weighted by Crippen LogP contribution is 2.42. The lowest BCUT2D eigenvalue weighted by Crippen LogP contribution is -2.68. The van der Waals surface area contributed by atoms with E-state index in [0.29, 0.717) is 0 Å². The first-order valence-corrected chi connectivity index (χ1v) is 20.6. The summed E-state index contributed by atoms with van der Waals surface area (Å²) in [6.07, 6.45) is -5.40. The molecule has 0 radical (unpaired) electrons. The van der Waals surface area contributed by atoms with Crippen molar-refractivity contribution in [3.8, 4) is 0 Å². The molecule has 13 heteroatoms. The van der Waals surface area contributed by atoms with Crippen LogP contribution in [0.1, 0.15) is 59.8 Å². The van der Waals surface area contributed by atoms with Crippen LogP contribution in [-0.4, -0.2) is 57.1 Å². The Hall–Kier alpha value is -3.11. The second kappa shape index (κ2) is 13.4. The molecule has 0 spiro atoms. The first-order chi connectivity index (χ1) is 21.7. The zero-order valence-electron chi connectivity index (χ0n) is 28.6. The maximum atomic E-state index is 13.2. The normalized spacial score (nSPS) is 19.5. The molecule has 3 aromatic rings. The number of nitrogens with one attached hydrogen (secondary N) is 1. The van der Waals surface area contributed by atoms with Crippen molar-refractivity contribution < 1.29 is 31.6 Å². The lowest BCUT2D eigenvalue weighted by Gasteiger charge is -2.45. The van der Waals surface area contributed by atoms with Gasteiger partial charge in [0.2, 0.25) is 0 Å². The van der Waals surface area contributed by atoms with Crippen molar-refractivity contribution in [2.24, 2.45) is 0 Å². The monoisotopic (exact) mass is 689 g/mol. The van der Waals surface area contributed by atoms with E-state index >= 15 is 0 Å². The number of halogens is 3. The van der Waals surface area contributed by atoms with E-state index in [1.54, 1.807) is 5.32 Å². The van der Waals surface area contributed by atoms with E-state index in [-0.39, 0.29) is 28.7 Å². The third-order valence-corrected chi connectivity index (χ3v) is 18.8. The van der Waals surface area contributed by atoms with Crippen LogP contribution in [0.2, 0.25) is 23.2 Å². The Bertz CT molecular complexity index is 1560. The predicted octanol–water partition coefficient (Wildman–Crippen LogP) is 6.31. The summed E-state index contributed by atoms with van der Waals surface area (Å²) in [4.78, 5) is 28.6. The van der Waals surface area contributed by atoms with Crippen molar-refractivity contribution in [3.63, 3.8) is 0 Å². The van der Waals surface area contributed by atoms with Gasteiger partial charge in [-0.25, -0.2) is 4.79 Å². The molecule has 2 heterocycles. The van der Waals surface area contributed by atoms with Gasteiger partial charge in [-0.2, -0.15) is 18.2 Å². The second-order valence-corrected chi connectivity index (χ2v) is 23.7. The second-order valence-electron chi connectivity index (χ2n) is 14.7. The van der Waals surface area contributed by atoms with Crippen LogP contribution in [0.5, 0.6) is 0 Å². The molecule has 4 rings (SSSR count). The van der Waals surface area contributed by atoms with Crippen molar-refractivity contribution in [2.75, 3.05) is 11.9 Å². The summed E-state index contributed by atoms with van der Waals surface area (Å²) in [5.41, 5.74) is -0.676. The van der Waals surface area contributed by atoms with Gasteiger partial charge >= 0.3 is 17.8 Å². The lowest BCUT2D eigenvalue weighted by molar-refractivity contribution is -0.167. The molecule has 1 aliphatic rings. The van der Waals surface area contributed by atoms with Crippen molar-refractivity contribution in [3.05, 3.63) is 82.9 Å². The zero-order chi connectivity index (χ0) is 35.0. The number of amides is 1. The number of rotatable bonds is 9. The van der Waals surface area contributed by atoms with Crippen LogP contribution < -0.4 is 21.4 Å². The zero-order valence-corrected chi connectivity index (χ0v) is 30.6. The van der Waals surface area contributed by atoms with Gasteiger partial charge < -0.3 is 18.9 Å². The summed E-state index contributed by atoms with van der Waals surface area (Å²) in [6.45, 7) is 19.0. The van der Waals surface area contributed by atoms with Gasteiger partial charge in [-0.1, -0.05) is 102 Å². The van der Waals surface area contributed by atoms with Crippen LogP contribution in [0.15, 0.2) is 71.7 Å². The van der Waals surface area contributed by atoms with Crippen LogP contribution >= 0.6 is 0 Å². The van der Waals surface area contributed by atoms with Gasteiger partial charge in [0, 0.05) is 18.2 Å². The van der Waals surface area contributed by atoms with Gasteiger partial charge in [-0.05, 0) is 40.5 Å². The minimum atomic E-state index is -5.12. The molecule has 1 fully saturated rings. The molecule has 2 aromatic carbocycles. The number of hydrogen-bond acceptors (Lipinski definition) is 6. The summed E-state index contributed by atoms with van der Waals surface area (Å²) < 4.78 is 60.7. The highest BCUT2D eigenvalue weighted by molar-refractivity contribution is 6.99. The molecule has 47 heavy (non-hydrogen) atoms. The fraction of sp³-hybridized carbons (Fsp3) is 0.500. The summed E-state index contributed by atoms with van der Waals surface area (Å²) in [5.74, 6) is -2.66. The molecule has 1 aliphatic heterocycles. The fourth-order valence-electron chi connectivity index (χ4n) is 5.65. The van der Waals surface area contributed by atoms with Gasteiger partial charge in [0.05, 0.1) is 12.7 Å². The number of benzene rings is 2. The predicted molar refractivity (Wildman–Crippen MR) is 182 cm³/mol. The number of alkyl halides is 3. The molecule has 1 amide bonds. The van der Waals surface area contributed by atoms with Gasteiger partial charge in [0.25, 0.3) is 8.32 Å². The highest BCUT2D eigenvalue weighted by Gasteiger charge is 2.54. The molecule has 1 aromatic heterocycles. The molecule has 0 saturated carbocycles. The maximum absolute atomic E-state index is 13.2. The van der Waals surface area contributed by atoms with E-state index in [1.807, 2.05) is 36.4 Å². The Labute approximate surface area is 276 Å². The molecular formula is C34H46F3N3O5Si2. The molecule has 0 aliphatic carbocycles. The Kier molecular flexibility index (Phi) is 10.5. The van der Waals surface area contributed by atoms with Crippen LogP contribution in [0.4, 0.5) is 19.0 Å². The number of ether oxygens (including phenoxy) is 1. The lowest BCUT2D eigenvalue weighted by atomic mass is 10.2. The number of anilines is 1. The van der Waals surface area contributed by atoms with Crippen LogP contribution in [0, 0.1) is 6.92 Å². The maximum Gasteiger partial charge on any atom is 0.471 e. The third kappa shape index (κ3) is 7.80. The fourth-order valence-corrected chi connectivity index (χ4v) is 11.4. The van der Waals surface area contributed by atoms with Gasteiger partial charge in [-0.15, -0.1) is 0 Å². The molecule has 0 bridgehead atoms. The summed E-state index contributed by atoms with van der Waals surface area (Å²) >= 11 is 0.